The second kappa shape index (κ2) is 4.40. The van der Waals surface area contributed by atoms with Crippen LogP contribution in [-0.2, 0) is 0 Å². The molecule has 1 aromatic carbocycles. The Morgan fingerprint density at radius 1 is 1.29 bits per heavy atom. The highest BCUT2D eigenvalue weighted by molar-refractivity contribution is 5.95. The lowest BCUT2D eigenvalue weighted by atomic mass is 9.84. The third kappa shape index (κ3) is 2.78. The summed E-state index contributed by atoms with van der Waals surface area (Å²) >= 11 is 0. The number of amidine groups is 1. The summed E-state index contributed by atoms with van der Waals surface area (Å²) in [5, 5.41) is 7.38. The molecule has 0 radical (unpaired) electrons. The van der Waals surface area contributed by atoms with Crippen LogP contribution in [0.3, 0.4) is 0 Å². The van der Waals surface area contributed by atoms with Crippen molar-refractivity contribution in [1.82, 2.24) is 0 Å². The molecule has 0 amide bonds. The van der Waals surface area contributed by atoms with Gasteiger partial charge in [0.2, 0.25) is 0 Å². The van der Waals surface area contributed by atoms with E-state index in [0.717, 1.165) is 18.7 Å². The first kappa shape index (κ1) is 12.0. The molecule has 0 aliphatic carbocycles. The van der Waals surface area contributed by atoms with E-state index in [1.54, 1.807) is 0 Å². The molecule has 1 fully saturated rings. The lowest BCUT2D eigenvalue weighted by Crippen LogP contribution is -2.40. The Morgan fingerprint density at radius 3 is 2.47 bits per heavy atom. The summed E-state index contributed by atoms with van der Waals surface area (Å²) in [4.78, 5) is 2.42. The van der Waals surface area contributed by atoms with E-state index in [9.17, 15) is 0 Å². The molecule has 1 aliphatic rings. The van der Waals surface area contributed by atoms with Crippen LogP contribution in [0.15, 0.2) is 24.3 Å². The fraction of sp³-hybridized carbons (Fsp3) is 0.500. The van der Waals surface area contributed by atoms with E-state index in [4.69, 9.17) is 11.1 Å². The van der Waals surface area contributed by atoms with Gasteiger partial charge in [-0.2, -0.15) is 0 Å². The molecule has 1 heterocycles. The number of nitrogens with one attached hydrogen (secondary N) is 1. The fourth-order valence-corrected chi connectivity index (χ4v) is 2.50. The number of nitrogen functional groups attached to an aromatic ring is 1. The van der Waals surface area contributed by atoms with Crippen LogP contribution >= 0.6 is 0 Å². The summed E-state index contributed by atoms with van der Waals surface area (Å²) in [6.07, 6.45) is 2.55. The molecule has 3 heteroatoms. The number of rotatable bonds is 2. The van der Waals surface area contributed by atoms with Gasteiger partial charge in [-0.15, -0.1) is 0 Å². The maximum absolute atomic E-state index is 7.38. The van der Waals surface area contributed by atoms with E-state index >= 15 is 0 Å². The molecule has 3 nitrogen and oxygen atoms in total. The Morgan fingerprint density at radius 2 is 1.94 bits per heavy atom. The molecular formula is C14H21N3. The molecule has 2 rings (SSSR count). The molecule has 17 heavy (non-hydrogen) atoms. The van der Waals surface area contributed by atoms with E-state index in [0.29, 0.717) is 5.41 Å². The number of nitrogens with zero attached hydrogens (tertiary/aromatic N) is 1. The van der Waals surface area contributed by atoms with Gasteiger partial charge in [0.05, 0.1) is 0 Å². The van der Waals surface area contributed by atoms with Crippen LogP contribution in [0.25, 0.3) is 0 Å². The highest BCUT2D eigenvalue weighted by Crippen LogP contribution is 2.31. The number of anilines is 1. The van der Waals surface area contributed by atoms with Crippen LogP contribution in [0.1, 0.15) is 32.3 Å². The highest BCUT2D eigenvalue weighted by Gasteiger charge is 2.26. The van der Waals surface area contributed by atoms with Gasteiger partial charge in [-0.3, -0.25) is 5.41 Å². The maximum atomic E-state index is 7.38. The zero-order valence-corrected chi connectivity index (χ0v) is 10.7. The summed E-state index contributed by atoms with van der Waals surface area (Å²) in [7, 11) is 0. The quantitative estimate of drug-likeness (QED) is 0.607. The number of benzene rings is 1. The van der Waals surface area contributed by atoms with Gasteiger partial charge in [0, 0.05) is 24.3 Å². The maximum Gasteiger partial charge on any atom is 0.122 e. The molecule has 1 aromatic rings. The van der Waals surface area contributed by atoms with Crippen LogP contribution in [0.2, 0.25) is 0 Å². The predicted octanol–water partition coefficient (Wildman–Crippen LogP) is 2.60. The smallest absolute Gasteiger partial charge is 0.122 e. The highest BCUT2D eigenvalue weighted by atomic mass is 15.1. The number of hydrogen-bond acceptors (Lipinski definition) is 2. The number of nitrogens with two attached hydrogens (primary N) is 1. The van der Waals surface area contributed by atoms with Crippen LogP contribution in [-0.4, -0.2) is 18.9 Å². The van der Waals surface area contributed by atoms with Crippen LogP contribution in [0, 0.1) is 10.8 Å². The second-order valence-electron chi connectivity index (χ2n) is 5.65. The lowest BCUT2D eigenvalue weighted by molar-refractivity contribution is 0.293. The van der Waals surface area contributed by atoms with Gasteiger partial charge in [-0.25, -0.2) is 0 Å². The summed E-state index contributed by atoms with van der Waals surface area (Å²) < 4.78 is 0. The minimum atomic E-state index is 0.135. The summed E-state index contributed by atoms with van der Waals surface area (Å²) in [5.41, 5.74) is 7.89. The molecule has 3 N–H and O–H groups in total. The van der Waals surface area contributed by atoms with Gasteiger partial charge >= 0.3 is 0 Å². The van der Waals surface area contributed by atoms with Crippen molar-refractivity contribution in [3.8, 4) is 0 Å². The summed E-state index contributed by atoms with van der Waals surface area (Å²) in [6, 6.07) is 7.99. The number of piperidine rings is 1. The van der Waals surface area contributed by atoms with Crippen molar-refractivity contribution in [2.24, 2.45) is 11.1 Å². The minimum Gasteiger partial charge on any atom is -0.384 e. The first-order chi connectivity index (χ1) is 7.98. The lowest BCUT2D eigenvalue weighted by Gasteiger charge is -2.39. The normalized spacial score (nSPS) is 19.1. The van der Waals surface area contributed by atoms with Gasteiger partial charge < -0.3 is 10.6 Å². The molecular weight excluding hydrogens is 210 g/mol. The van der Waals surface area contributed by atoms with Crippen molar-refractivity contribution in [2.45, 2.75) is 26.7 Å². The predicted molar refractivity (Wildman–Crippen MR) is 72.7 cm³/mol. The van der Waals surface area contributed by atoms with Gasteiger partial charge in [-0.05, 0) is 42.5 Å². The molecule has 0 saturated carbocycles. The monoisotopic (exact) mass is 231 g/mol. The average Bonchev–Trinajstić information content (AvgIpc) is 2.28. The van der Waals surface area contributed by atoms with Crippen LogP contribution in [0.4, 0.5) is 5.69 Å². The van der Waals surface area contributed by atoms with Crippen molar-refractivity contribution in [3.63, 3.8) is 0 Å². The summed E-state index contributed by atoms with van der Waals surface area (Å²) in [5.74, 6) is 0.135. The first-order valence-corrected chi connectivity index (χ1v) is 6.17. The molecule has 0 atom stereocenters. The van der Waals surface area contributed by atoms with Gasteiger partial charge in [0.1, 0.15) is 5.84 Å². The SMILES string of the molecule is CC1(C)CCCN(c2ccc(C(=N)N)cc2)C1. The fourth-order valence-electron chi connectivity index (χ4n) is 2.50. The van der Waals surface area contributed by atoms with Crippen molar-refractivity contribution < 1.29 is 0 Å². The average molecular weight is 231 g/mol. The topological polar surface area (TPSA) is 53.1 Å². The van der Waals surface area contributed by atoms with Gasteiger partial charge in [0.15, 0.2) is 0 Å². The second-order valence-corrected chi connectivity index (χ2v) is 5.65. The third-order valence-electron chi connectivity index (χ3n) is 3.44. The minimum absolute atomic E-state index is 0.135. The van der Waals surface area contributed by atoms with Crippen molar-refractivity contribution in [3.05, 3.63) is 29.8 Å². The Bertz CT molecular complexity index is 406. The zero-order chi connectivity index (χ0) is 12.5. The van der Waals surface area contributed by atoms with Crippen molar-refractivity contribution >= 4 is 11.5 Å². The van der Waals surface area contributed by atoms with E-state index in [-0.39, 0.29) is 5.84 Å². The molecule has 0 spiro atoms. The van der Waals surface area contributed by atoms with Crippen molar-refractivity contribution in [2.75, 3.05) is 18.0 Å². The molecule has 1 saturated heterocycles. The summed E-state index contributed by atoms with van der Waals surface area (Å²) in [6.45, 7) is 6.88. The first-order valence-electron chi connectivity index (χ1n) is 6.17. The van der Waals surface area contributed by atoms with Gasteiger partial charge in [0.25, 0.3) is 0 Å². The molecule has 92 valence electrons. The molecule has 0 bridgehead atoms. The van der Waals surface area contributed by atoms with Gasteiger partial charge in [-0.1, -0.05) is 13.8 Å². The van der Waals surface area contributed by atoms with E-state index in [2.05, 4.69) is 30.9 Å². The molecule has 1 aliphatic heterocycles. The molecule has 0 aromatic heterocycles. The Kier molecular flexibility index (Phi) is 3.09. The Balaban J connectivity index is 2.14. The molecule has 0 unspecified atom stereocenters. The van der Waals surface area contributed by atoms with E-state index in [1.807, 2.05) is 12.1 Å². The standard InChI is InChI=1S/C14H21N3/c1-14(2)8-3-9-17(10-14)12-6-4-11(5-7-12)13(15)16/h4-7H,3,8-10H2,1-2H3,(H3,15,16). The zero-order valence-electron chi connectivity index (χ0n) is 10.7. The van der Waals surface area contributed by atoms with Crippen LogP contribution in [0.5, 0.6) is 0 Å². The largest absolute Gasteiger partial charge is 0.384 e. The van der Waals surface area contributed by atoms with Crippen LogP contribution < -0.4 is 10.6 Å². The Labute approximate surface area is 103 Å². The third-order valence-corrected chi connectivity index (χ3v) is 3.44. The number of hydrogen-bond donors (Lipinski definition) is 2. The van der Waals surface area contributed by atoms with E-state index < -0.39 is 0 Å². The Hall–Kier alpha value is -1.51. The van der Waals surface area contributed by atoms with Crippen molar-refractivity contribution in [1.29, 1.82) is 5.41 Å². The van der Waals surface area contributed by atoms with E-state index in [1.165, 1.54) is 18.5 Å².